The monoisotopic (exact) mass is 234 g/mol. The van der Waals surface area contributed by atoms with Crippen LogP contribution in [0.2, 0.25) is 0 Å². The van der Waals surface area contributed by atoms with Crippen LogP contribution in [0.5, 0.6) is 0 Å². The van der Waals surface area contributed by atoms with Crippen LogP contribution >= 0.6 is 0 Å². The van der Waals surface area contributed by atoms with Gasteiger partial charge >= 0.3 is 0 Å². The third-order valence-corrected chi connectivity index (χ3v) is 3.32. The van der Waals surface area contributed by atoms with Crippen molar-refractivity contribution in [2.45, 2.75) is 45.7 Å². The van der Waals surface area contributed by atoms with Gasteiger partial charge in [-0.25, -0.2) is 9.97 Å². The molecule has 2 heterocycles. The van der Waals surface area contributed by atoms with E-state index in [-0.39, 0.29) is 0 Å². The second-order valence-electron chi connectivity index (χ2n) is 5.27. The highest BCUT2D eigenvalue weighted by Crippen LogP contribution is 2.20. The number of aromatic nitrogens is 2. The number of hydrogen-bond donors (Lipinski definition) is 1. The van der Waals surface area contributed by atoms with E-state index in [1.807, 2.05) is 0 Å². The molecule has 17 heavy (non-hydrogen) atoms. The van der Waals surface area contributed by atoms with Crippen LogP contribution in [0.25, 0.3) is 0 Å². The van der Waals surface area contributed by atoms with E-state index in [1.165, 1.54) is 0 Å². The Morgan fingerprint density at radius 2 is 2.12 bits per heavy atom. The van der Waals surface area contributed by atoms with Gasteiger partial charge in [0.25, 0.3) is 0 Å². The Balaban J connectivity index is 2.23. The molecule has 1 aliphatic heterocycles. The first-order valence-corrected chi connectivity index (χ1v) is 6.40. The van der Waals surface area contributed by atoms with Crippen LogP contribution in [0.1, 0.15) is 39.3 Å². The molecular weight excluding hydrogens is 212 g/mol. The number of rotatable bonds is 2. The lowest BCUT2D eigenvalue weighted by molar-refractivity contribution is 0.422. The molecule has 0 aliphatic carbocycles. The summed E-state index contributed by atoms with van der Waals surface area (Å²) < 4.78 is 0. The maximum Gasteiger partial charge on any atom is 0.132 e. The van der Waals surface area contributed by atoms with E-state index >= 15 is 0 Å². The van der Waals surface area contributed by atoms with Crippen molar-refractivity contribution in [1.29, 1.82) is 0 Å². The third-order valence-electron chi connectivity index (χ3n) is 3.32. The molecule has 4 heteroatoms. The average molecular weight is 234 g/mol. The van der Waals surface area contributed by atoms with E-state index in [0.717, 1.165) is 24.6 Å². The first-order chi connectivity index (χ1) is 8.08. The number of piperazine rings is 1. The van der Waals surface area contributed by atoms with E-state index < -0.39 is 0 Å². The highest BCUT2D eigenvalue weighted by molar-refractivity contribution is 5.41. The van der Waals surface area contributed by atoms with E-state index in [0.29, 0.717) is 18.0 Å². The molecule has 2 rings (SSSR count). The lowest BCUT2D eigenvalue weighted by Gasteiger charge is -2.38. The molecule has 0 radical (unpaired) electrons. The average Bonchev–Trinajstić information content (AvgIpc) is 2.32. The molecule has 4 nitrogen and oxygen atoms in total. The highest BCUT2D eigenvalue weighted by atomic mass is 15.3. The molecule has 0 bridgehead atoms. The molecule has 0 amide bonds. The van der Waals surface area contributed by atoms with Gasteiger partial charge in [-0.05, 0) is 19.8 Å². The van der Waals surface area contributed by atoms with Crippen LogP contribution in [-0.2, 0) is 0 Å². The quantitative estimate of drug-likeness (QED) is 0.847. The Bertz CT molecular complexity index is 377. The maximum absolute atomic E-state index is 4.42. The first kappa shape index (κ1) is 12.3. The Labute approximate surface area is 103 Å². The van der Waals surface area contributed by atoms with Gasteiger partial charge in [-0.2, -0.15) is 0 Å². The van der Waals surface area contributed by atoms with Crippen molar-refractivity contribution in [2.24, 2.45) is 0 Å². The molecule has 0 saturated carbocycles. The molecule has 0 aromatic carbocycles. The lowest BCUT2D eigenvalue weighted by Crippen LogP contribution is -2.54. The Kier molecular flexibility index (Phi) is 3.62. The summed E-state index contributed by atoms with van der Waals surface area (Å²) in [6, 6.07) is 3.13. The number of nitrogens with one attached hydrogen (secondary N) is 1. The van der Waals surface area contributed by atoms with Gasteiger partial charge in [-0.3, -0.25) is 0 Å². The summed E-state index contributed by atoms with van der Waals surface area (Å²) in [6.07, 6.45) is 1.68. The number of anilines is 1. The van der Waals surface area contributed by atoms with Crippen LogP contribution in [0.4, 0.5) is 5.82 Å². The van der Waals surface area contributed by atoms with Crippen molar-refractivity contribution in [1.82, 2.24) is 15.3 Å². The van der Waals surface area contributed by atoms with Gasteiger partial charge in [0.15, 0.2) is 0 Å². The van der Waals surface area contributed by atoms with Crippen LogP contribution in [0.3, 0.4) is 0 Å². The molecule has 1 aromatic heterocycles. The Morgan fingerprint density at radius 1 is 1.35 bits per heavy atom. The van der Waals surface area contributed by atoms with E-state index in [9.17, 15) is 0 Å². The summed E-state index contributed by atoms with van der Waals surface area (Å²) in [7, 11) is 0. The molecule has 2 unspecified atom stereocenters. The summed E-state index contributed by atoms with van der Waals surface area (Å²) in [4.78, 5) is 11.1. The minimum Gasteiger partial charge on any atom is -0.351 e. The van der Waals surface area contributed by atoms with Crippen molar-refractivity contribution < 1.29 is 0 Å². The largest absolute Gasteiger partial charge is 0.351 e. The molecule has 1 aliphatic rings. The van der Waals surface area contributed by atoms with Gasteiger partial charge in [0.1, 0.15) is 12.1 Å². The van der Waals surface area contributed by atoms with E-state index in [2.05, 4.69) is 53.9 Å². The van der Waals surface area contributed by atoms with Gasteiger partial charge < -0.3 is 10.2 Å². The van der Waals surface area contributed by atoms with Crippen LogP contribution < -0.4 is 10.2 Å². The van der Waals surface area contributed by atoms with E-state index in [1.54, 1.807) is 6.33 Å². The fraction of sp³-hybridized carbons (Fsp3) is 0.692. The van der Waals surface area contributed by atoms with Gasteiger partial charge in [-0.1, -0.05) is 13.8 Å². The highest BCUT2D eigenvalue weighted by Gasteiger charge is 2.23. The molecule has 94 valence electrons. The smallest absolute Gasteiger partial charge is 0.132 e. The zero-order valence-corrected chi connectivity index (χ0v) is 11.1. The van der Waals surface area contributed by atoms with E-state index in [4.69, 9.17) is 0 Å². The van der Waals surface area contributed by atoms with Gasteiger partial charge in [0, 0.05) is 36.9 Å². The minimum absolute atomic E-state index is 0.451. The van der Waals surface area contributed by atoms with Gasteiger partial charge in [-0.15, -0.1) is 0 Å². The molecule has 0 spiro atoms. The second-order valence-corrected chi connectivity index (χ2v) is 5.27. The lowest BCUT2D eigenvalue weighted by atomic mass is 10.1. The summed E-state index contributed by atoms with van der Waals surface area (Å²) in [5, 5.41) is 3.48. The SMILES string of the molecule is CC1CN(c2cc(C(C)C)ncn2)C(C)CN1. The molecule has 1 fully saturated rings. The third kappa shape index (κ3) is 2.75. The van der Waals surface area contributed by atoms with Crippen LogP contribution in [0, 0.1) is 0 Å². The Morgan fingerprint density at radius 3 is 2.82 bits per heavy atom. The predicted octanol–water partition coefficient (Wildman–Crippen LogP) is 1.79. The zero-order chi connectivity index (χ0) is 12.4. The number of hydrogen-bond acceptors (Lipinski definition) is 4. The summed E-state index contributed by atoms with van der Waals surface area (Å²) in [5.74, 6) is 1.51. The van der Waals surface area contributed by atoms with Crippen molar-refractivity contribution in [3.05, 3.63) is 18.1 Å². The molecule has 2 atom stereocenters. The standard InChI is InChI=1S/C13H22N4/c1-9(2)12-5-13(16-8-15-12)17-7-10(3)14-6-11(17)4/h5,8-11,14H,6-7H2,1-4H3. The molecule has 1 N–H and O–H groups in total. The summed E-state index contributed by atoms with van der Waals surface area (Å²) in [6.45, 7) is 10.8. The molecule has 1 aromatic rings. The fourth-order valence-corrected chi connectivity index (χ4v) is 2.18. The molecule has 1 saturated heterocycles. The summed E-state index contributed by atoms with van der Waals surface area (Å²) >= 11 is 0. The fourth-order valence-electron chi connectivity index (χ4n) is 2.18. The topological polar surface area (TPSA) is 41.1 Å². The first-order valence-electron chi connectivity index (χ1n) is 6.40. The van der Waals surface area contributed by atoms with Gasteiger partial charge in [0.05, 0.1) is 0 Å². The Hall–Kier alpha value is -1.16. The van der Waals surface area contributed by atoms with Crippen LogP contribution in [0.15, 0.2) is 12.4 Å². The van der Waals surface area contributed by atoms with Crippen LogP contribution in [-0.4, -0.2) is 35.1 Å². The zero-order valence-electron chi connectivity index (χ0n) is 11.1. The van der Waals surface area contributed by atoms with Gasteiger partial charge in [0.2, 0.25) is 0 Å². The normalized spacial score (nSPS) is 25.4. The maximum atomic E-state index is 4.42. The van der Waals surface area contributed by atoms with Crippen molar-refractivity contribution in [3.63, 3.8) is 0 Å². The molecular formula is C13H22N4. The van der Waals surface area contributed by atoms with Crippen molar-refractivity contribution in [2.75, 3.05) is 18.0 Å². The van der Waals surface area contributed by atoms with Crippen molar-refractivity contribution in [3.8, 4) is 0 Å². The predicted molar refractivity (Wildman–Crippen MR) is 70.4 cm³/mol. The summed E-state index contributed by atoms with van der Waals surface area (Å²) in [5.41, 5.74) is 1.12. The van der Waals surface area contributed by atoms with Crippen molar-refractivity contribution >= 4 is 5.82 Å². The number of nitrogens with zero attached hydrogens (tertiary/aromatic N) is 3. The second kappa shape index (κ2) is 5.00. The minimum atomic E-state index is 0.451.